The van der Waals surface area contributed by atoms with Gasteiger partial charge in [0.1, 0.15) is 0 Å². The van der Waals surface area contributed by atoms with Crippen LogP contribution in [0.3, 0.4) is 0 Å². The largest absolute Gasteiger partial charge is 0.352 e. The molecule has 142 valence electrons. The highest BCUT2D eigenvalue weighted by atomic mass is 79.9. The molecule has 1 saturated heterocycles. The monoisotopic (exact) mass is 429 g/mol. The summed E-state index contributed by atoms with van der Waals surface area (Å²) in [5.74, 6) is -0.0477. The Labute approximate surface area is 168 Å². The number of piperazine rings is 1. The summed E-state index contributed by atoms with van der Waals surface area (Å²) in [6.07, 6.45) is 0.334. The highest BCUT2D eigenvalue weighted by Gasteiger charge is 2.20. The van der Waals surface area contributed by atoms with Gasteiger partial charge in [-0.1, -0.05) is 46.3 Å². The maximum absolute atomic E-state index is 12.4. The number of amides is 2. The molecule has 0 radical (unpaired) electrons. The number of hydrogen-bond acceptors (Lipinski definition) is 3. The Hall–Kier alpha value is -2.18. The predicted molar refractivity (Wildman–Crippen MR) is 109 cm³/mol. The molecule has 1 fully saturated rings. The van der Waals surface area contributed by atoms with Gasteiger partial charge >= 0.3 is 0 Å². The fourth-order valence-corrected chi connectivity index (χ4v) is 3.41. The molecule has 0 aliphatic carbocycles. The molecule has 0 saturated carbocycles. The van der Waals surface area contributed by atoms with Crippen molar-refractivity contribution in [3.05, 3.63) is 70.2 Å². The zero-order valence-corrected chi connectivity index (χ0v) is 16.8. The normalized spacial score (nSPS) is 14.8. The number of hydrogen-bond donors (Lipinski definition) is 1. The summed E-state index contributed by atoms with van der Waals surface area (Å²) in [5.41, 5.74) is 1.90. The maximum atomic E-state index is 12.4. The Morgan fingerprint density at radius 3 is 2.26 bits per heavy atom. The number of carbonyl (C=O) groups is 2. The molecule has 2 aromatic rings. The van der Waals surface area contributed by atoms with Gasteiger partial charge < -0.3 is 10.2 Å². The summed E-state index contributed by atoms with van der Waals surface area (Å²) in [6, 6.07) is 17.6. The average molecular weight is 430 g/mol. The molecule has 1 heterocycles. The van der Waals surface area contributed by atoms with Crippen LogP contribution in [0, 0.1) is 0 Å². The third-order valence-electron chi connectivity index (χ3n) is 4.70. The van der Waals surface area contributed by atoms with E-state index in [2.05, 4.69) is 50.4 Å². The second-order valence-electron chi connectivity index (χ2n) is 6.66. The van der Waals surface area contributed by atoms with E-state index in [9.17, 15) is 9.59 Å². The summed E-state index contributed by atoms with van der Waals surface area (Å²) < 4.78 is 0.931. The van der Waals surface area contributed by atoms with E-state index < -0.39 is 0 Å². The van der Waals surface area contributed by atoms with Crippen LogP contribution >= 0.6 is 15.9 Å². The Morgan fingerprint density at radius 1 is 0.926 bits per heavy atom. The zero-order valence-electron chi connectivity index (χ0n) is 15.2. The van der Waals surface area contributed by atoms with Crippen molar-refractivity contribution < 1.29 is 9.59 Å². The highest BCUT2D eigenvalue weighted by Crippen LogP contribution is 2.11. The number of halogens is 1. The second-order valence-corrected chi connectivity index (χ2v) is 7.57. The SMILES string of the molecule is O=C(NCCC(=O)N1CCN(Cc2ccccc2)CC1)c1ccc(Br)cc1. The first-order chi connectivity index (χ1) is 13.1. The summed E-state index contributed by atoms with van der Waals surface area (Å²) >= 11 is 3.35. The molecule has 0 unspecified atom stereocenters. The predicted octanol–water partition coefficient (Wildman–Crippen LogP) is 2.91. The van der Waals surface area contributed by atoms with Crippen molar-refractivity contribution in [1.29, 1.82) is 0 Å². The van der Waals surface area contributed by atoms with Crippen LogP contribution in [-0.4, -0.2) is 54.3 Å². The quantitative estimate of drug-likeness (QED) is 0.767. The van der Waals surface area contributed by atoms with Crippen LogP contribution in [0.2, 0.25) is 0 Å². The van der Waals surface area contributed by atoms with Gasteiger partial charge in [-0.2, -0.15) is 0 Å². The van der Waals surface area contributed by atoms with Crippen molar-refractivity contribution in [2.75, 3.05) is 32.7 Å². The van der Waals surface area contributed by atoms with Crippen molar-refractivity contribution >= 4 is 27.7 Å². The van der Waals surface area contributed by atoms with Crippen LogP contribution < -0.4 is 5.32 Å². The van der Waals surface area contributed by atoms with Gasteiger partial charge in [-0.3, -0.25) is 14.5 Å². The molecule has 1 aliphatic rings. The fourth-order valence-electron chi connectivity index (χ4n) is 3.14. The molecule has 2 amide bonds. The fraction of sp³-hybridized carbons (Fsp3) is 0.333. The topological polar surface area (TPSA) is 52.7 Å². The Bertz CT molecular complexity index is 757. The summed E-state index contributed by atoms with van der Waals surface area (Å²) in [5, 5.41) is 2.82. The van der Waals surface area contributed by atoms with E-state index in [-0.39, 0.29) is 11.8 Å². The lowest BCUT2D eigenvalue weighted by Crippen LogP contribution is -2.48. The molecule has 3 rings (SSSR count). The van der Waals surface area contributed by atoms with Crippen molar-refractivity contribution in [3.63, 3.8) is 0 Å². The number of nitrogens with one attached hydrogen (secondary N) is 1. The summed E-state index contributed by atoms with van der Waals surface area (Å²) in [6.45, 7) is 4.53. The lowest BCUT2D eigenvalue weighted by molar-refractivity contribution is -0.132. The van der Waals surface area contributed by atoms with Crippen molar-refractivity contribution in [1.82, 2.24) is 15.1 Å². The van der Waals surface area contributed by atoms with Gasteiger partial charge in [-0.05, 0) is 29.8 Å². The van der Waals surface area contributed by atoms with Crippen LogP contribution in [-0.2, 0) is 11.3 Å². The van der Waals surface area contributed by atoms with Crippen molar-refractivity contribution in [2.24, 2.45) is 0 Å². The maximum Gasteiger partial charge on any atom is 0.251 e. The molecule has 6 heteroatoms. The minimum atomic E-state index is -0.150. The van der Waals surface area contributed by atoms with Gasteiger partial charge in [-0.15, -0.1) is 0 Å². The van der Waals surface area contributed by atoms with Crippen LogP contribution in [0.4, 0.5) is 0 Å². The Morgan fingerprint density at radius 2 is 1.59 bits per heavy atom. The third-order valence-corrected chi connectivity index (χ3v) is 5.23. The van der Waals surface area contributed by atoms with E-state index >= 15 is 0 Å². The van der Waals surface area contributed by atoms with Gasteiger partial charge in [-0.25, -0.2) is 0 Å². The first-order valence-corrected chi connectivity index (χ1v) is 9.99. The van der Waals surface area contributed by atoms with Gasteiger partial charge in [0.2, 0.25) is 5.91 Å². The van der Waals surface area contributed by atoms with E-state index in [0.717, 1.165) is 37.2 Å². The zero-order chi connectivity index (χ0) is 19.1. The molecule has 0 bridgehead atoms. The van der Waals surface area contributed by atoms with E-state index in [1.807, 2.05) is 23.1 Å². The molecular weight excluding hydrogens is 406 g/mol. The van der Waals surface area contributed by atoms with Crippen LogP contribution in [0.1, 0.15) is 22.3 Å². The Kier molecular flexibility index (Phi) is 7.01. The standard InChI is InChI=1S/C21H24BrN3O2/c22-19-8-6-18(7-9-19)21(27)23-11-10-20(26)25-14-12-24(13-15-25)16-17-4-2-1-3-5-17/h1-9H,10-16H2,(H,23,27). The number of carbonyl (C=O) groups excluding carboxylic acids is 2. The third kappa shape index (κ3) is 5.91. The Balaban J connectivity index is 1.37. The molecule has 27 heavy (non-hydrogen) atoms. The average Bonchev–Trinajstić information content (AvgIpc) is 2.69. The summed E-state index contributed by atoms with van der Waals surface area (Å²) in [7, 11) is 0. The lowest BCUT2D eigenvalue weighted by atomic mass is 10.2. The van der Waals surface area contributed by atoms with E-state index in [1.165, 1.54) is 5.56 Å². The molecule has 5 nitrogen and oxygen atoms in total. The van der Waals surface area contributed by atoms with Gasteiger partial charge in [0.05, 0.1) is 0 Å². The first-order valence-electron chi connectivity index (χ1n) is 9.19. The van der Waals surface area contributed by atoms with Crippen LogP contribution in [0.25, 0.3) is 0 Å². The lowest BCUT2D eigenvalue weighted by Gasteiger charge is -2.34. The molecule has 0 atom stereocenters. The molecule has 0 aromatic heterocycles. The van der Waals surface area contributed by atoms with Crippen molar-refractivity contribution in [3.8, 4) is 0 Å². The number of rotatable bonds is 6. The molecule has 0 spiro atoms. The minimum absolute atomic E-state index is 0.102. The molecular formula is C21H24BrN3O2. The molecule has 1 aliphatic heterocycles. The van der Waals surface area contributed by atoms with Crippen LogP contribution in [0.15, 0.2) is 59.1 Å². The smallest absolute Gasteiger partial charge is 0.251 e. The van der Waals surface area contributed by atoms with Crippen LogP contribution in [0.5, 0.6) is 0 Å². The molecule has 2 aromatic carbocycles. The van der Waals surface area contributed by atoms with E-state index in [0.29, 0.717) is 18.5 Å². The van der Waals surface area contributed by atoms with Gasteiger partial charge in [0.15, 0.2) is 0 Å². The highest BCUT2D eigenvalue weighted by molar-refractivity contribution is 9.10. The number of nitrogens with zero attached hydrogens (tertiary/aromatic N) is 2. The van der Waals surface area contributed by atoms with E-state index in [1.54, 1.807) is 12.1 Å². The van der Waals surface area contributed by atoms with Gasteiger partial charge in [0.25, 0.3) is 5.91 Å². The molecule has 1 N–H and O–H groups in total. The minimum Gasteiger partial charge on any atom is -0.352 e. The second kappa shape index (κ2) is 9.67. The van der Waals surface area contributed by atoms with E-state index in [4.69, 9.17) is 0 Å². The van der Waals surface area contributed by atoms with Gasteiger partial charge in [0, 0.05) is 55.7 Å². The summed E-state index contributed by atoms with van der Waals surface area (Å²) in [4.78, 5) is 28.7. The van der Waals surface area contributed by atoms with Crippen molar-refractivity contribution in [2.45, 2.75) is 13.0 Å². The first kappa shape index (κ1) is 19.6. The number of benzene rings is 2.